The van der Waals surface area contributed by atoms with Gasteiger partial charge in [0.1, 0.15) is 11.7 Å². The maximum Gasteiger partial charge on any atom is 0.313 e. The number of aromatic nitrogens is 1. The summed E-state index contributed by atoms with van der Waals surface area (Å²) in [6.45, 7) is 6.81. The average Bonchev–Trinajstić information content (AvgIpc) is 2.76. The maximum absolute atomic E-state index is 13.4. The monoisotopic (exact) mass is 426 g/mol. The molecular formula is C22H30N6O3. The maximum atomic E-state index is 13.4. The van der Waals surface area contributed by atoms with E-state index in [-0.39, 0.29) is 16.9 Å². The Balaban J connectivity index is 1.89. The molecule has 0 aliphatic carbocycles. The lowest BCUT2D eigenvalue weighted by molar-refractivity contribution is -0.141. The second kappa shape index (κ2) is 9.38. The number of hydrogen-bond acceptors (Lipinski definition) is 7. The highest BCUT2D eigenvalue weighted by Gasteiger charge is 2.38. The SMILES string of the molecule is CC[C@]1(C)CC(N(C(=O)C(=O)c2ccc(NC(C)=O)nc2)N2CCCCC2)=CN=C1N. The zero-order valence-corrected chi connectivity index (χ0v) is 18.4. The van der Waals surface area contributed by atoms with E-state index in [1.54, 1.807) is 6.20 Å². The molecule has 1 saturated heterocycles. The van der Waals surface area contributed by atoms with Crippen LogP contribution in [0, 0.1) is 5.41 Å². The molecule has 3 rings (SSSR count). The number of ketones is 1. The van der Waals surface area contributed by atoms with Gasteiger partial charge < -0.3 is 11.1 Å². The summed E-state index contributed by atoms with van der Waals surface area (Å²) in [7, 11) is 0. The van der Waals surface area contributed by atoms with Crippen molar-refractivity contribution in [2.24, 2.45) is 16.1 Å². The van der Waals surface area contributed by atoms with Crippen molar-refractivity contribution in [3.05, 3.63) is 35.8 Å². The third kappa shape index (κ3) is 4.99. The molecule has 1 aromatic heterocycles. The lowest BCUT2D eigenvalue weighted by atomic mass is 9.80. The highest BCUT2D eigenvalue weighted by atomic mass is 16.2. The normalized spacial score (nSPS) is 21.6. The number of hydrazine groups is 1. The zero-order chi connectivity index (χ0) is 22.6. The molecule has 1 atom stereocenters. The van der Waals surface area contributed by atoms with Crippen LogP contribution in [-0.4, -0.2) is 51.5 Å². The van der Waals surface area contributed by atoms with Gasteiger partial charge in [-0.15, -0.1) is 0 Å². The van der Waals surface area contributed by atoms with Gasteiger partial charge in [-0.25, -0.2) is 20.0 Å². The van der Waals surface area contributed by atoms with Crippen molar-refractivity contribution in [1.82, 2.24) is 15.0 Å². The van der Waals surface area contributed by atoms with Crippen molar-refractivity contribution >= 4 is 29.3 Å². The third-order valence-corrected chi connectivity index (χ3v) is 5.93. The van der Waals surface area contributed by atoms with E-state index in [0.29, 0.717) is 36.9 Å². The van der Waals surface area contributed by atoms with Crippen LogP contribution in [0.15, 0.2) is 35.2 Å². The predicted octanol–water partition coefficient (Wildman–Crippen LogP) is 2.47. The molecule has 3 heterocycles. The van der Waals surface area contributed by atoms with Gasteiger partial charge in [-0.05, 0) is 31.4 Å². The number of piperidine rings is 1. The lowest BCUT2D eigenvalue weighted by Gasteiger charge is -2.41. The fourth-order valence-corrected chi connectivity index (χ4v) is 3.79. The molecule has 31 heavy (non-hydrogen) atoms. The molecule has 2 aliphatic rings. The molecule has 9 nitrogen and oxygen atoms in total. The summed E-state index contributed by atoms with van der Waals surface area (Å²) in [5, 5.41) is 5.97. The number of Topliss-reactive ketones (excluding diaryl/α,β-unsaturated/α-hetero) is 1. The predicted molar refractivity (Wildman–Crippen MR) is 118 cm³/mol. The fraction of sp³-hybridized carbons (Fsp3) is 0.500. The summed E-state index contributed by atoms with van der Waals surface area (Å²) in [6, 6.07) is 3.00. The largest absolute Gasteiger partial charge is 0.387 e. The van der Waals surface area contributed by atoms with E-state index in [1.165, 1.54) is 30.3 Å². The second-order valence-electron chi connectivity index (χ2n) is 8.30. The Bertz CT molecular complexity index is 918. The third-order valence-electron chi connectivity index (χ3n) is 5.93. The standard InChI is InChI=1S/C22H30N6O3/c1-4-22(3)12-17(14-25-21(22)23)28(27-10-6-5-7-11-27)20(31)19(30)16-8-9-18(24-13-16)26-15(2)29/h8-9,13-14H,4-7,10-12H2,1-3H3,(H2,23,25)(H,24,26,29)/t22-/m1/s1. The first-order valence-corrected chi connectivity index (χ1v) is 10.7. The Labute approximate surface area is 182 Å². The van der Waals surface area contributed by atoms with E-state index in [9.17, 15) is 14.4 Å². The van der Waals surface area contributed by atoms with E-state index in [1.807, 2.05) is 18.9 Å². The fourth-order valence-electron chi connectivity index (χ4n) is 3.79. The van der Waals surface area contributed by atoms with Crippen molar-refractivity contribution in [3.63, 3.8) is 0 Å². The first-order valence-electron chi connectivity index (χ1n) is 10.7. The van der Waals surface area contributed by atoms with Crippen LogP contribution in [0.2, 0.25) is 0 Å². The molecule has 2 aliphatic heterocycles. The summed E-state index contributed by atoms with van der Waals surface area (Å²) in [6.07, 6.45) is 7.20. The number of nitrogens with zero attached hydrogens (tertiary/aromatic N) is 4. The minimum absolute atomic E-state index is 0.166. The number of anilines is 1. The van der Waals surface area contributed by atoms with Gasteiger partial charge in [-0.1, -0.05) is 20.3 Å². The second-order valence-corrected chi connectivity index (χ2v) is 8.30. The minimum Gasteiger partial charge on any atom is -0.387 e. The molecule has 3 N–H and O–H groups in total. The summed E-state index contributed by atoms with van der Waals surface area (Å²) in [4.78, 5) is 46.1. The molecule has 0 saturated carbocycles. The highest BCUT2D eigenvalue weighted by molar-refractivity contribution is 6.42. The first kappa shape index (κ1) is 22.6. The van der Waals surface area contributed by atoms with Crippen LogP contribution >= 0.6 is 0 Å². The Morgan fingerprint density at radius 2 is 1.94 bits per heavy atom. The summed E-state index contributed by atoms with van der Waals surface area (Å²) < 4.78 is 0. The average molecular weight is 427 g/mol. The number of carbonyl (C=O) groups excluding carboxylic acids is 3. The number of nitrogens with two attached hydrogens (primary N) is 1. The van der Waals surface area contributed by atoms with Crippen LogP contribution in [0.5, 0.6) is 0 Å². The van der Waals surface area contributed by atoms with Gasteiger partial charge in [-0.3, -0.25) is 14.4 Å². The highest BCUT2D eigenvalue weighted by Crippen LogP contribution is 2.35. The van der Waals surface area contributed by atoms with Crippen molar-refractivity contribution in [3.8, 4) is 0 Å². The smallest absolute Gasteiger partial charge is 0.313 e. The summed E-state index contributed by atoms with van der Waals surface area (Å²) >= 11 is 0. The van der Waals surface area contributed by atoms with Gasteiger partial charge in [0, 0.05) is 43.6 Å². The van der Waals surface area contributed by atoms with Gasteiger partial charge in [0.05, 0.1) is 11.9 Å². The molecule has 1 aromatic rings. The molecule has 0 radical (unpaired) electrons. The molecule has 0 spiro atoms. The molecular weight excluding hydrogens is 396 g/mol. The molecule has 0 unspecified atom stereocenters. The molecule has 0 bridgehead atoms. The van der Waals surface area contributed by atoms with Gasteiger partial charge in [0.15, 0.2) is 0 Å². The summed E-state index contributed by atoms with van der Waals surface area (Å²) in [5.41, 5.74) is 6.59. The quantitative estimate of drug-likeness (QED) is 0.532. The number of nitrogens with one attached hydrogen (secondary N) is 1. The van der Waals surface area contributed by atoms with Crippen LogP contribution in [0.1, 0.15) is 63.2 Å². The number of allylic oxidation sites excluding steroid dienone is 1. The Morgan fingerprint density at radius 3 is 2.52 bits per heavy atom. The Kier molecular flexibility index (Phi) is 6.84. The number of amides is 2. The minimum atomic E-state index is -0.658. The number of amidine groups is 1. The van der Waals surface area contributed by atoms with Crippen LogP contribution in [0.3, 0.4) is 0 Å². The molecule has 166 valence electrons. The van der Waals surface area contributed by atoms with Gasteiger partial charge >= 0.3 is 5.91 Å². The Hall–Kier alpha value is -3.07. The van der Waals surface area contributed by atoms with Crippen LogP contribution < -0.4 is 11.1 Å². The molecule has 1 fully saturated rings. The molecule has 0 aromatic carbocycles. The number of carbonyl (C=O) groups is 3. The van der Waals surface area contributed by atoms with Crippen molar-refractivity contribution in [2.75, 3.05) is 18.4 Å². The van der Waals surface area contributed by atoms with Crippen molar-refractivity contribution < 1.29 is 14.4 Å². The van der Waals surface area contributed by atoms with E-state index in [0.717, 1.165) is 25.7 Å². The summed E-state index contributed by atoms with van der Waals surface area (Å²) in [5.74, 6) is -0.704. The van der Waals surface area contributed by atoms with Crippen LogP contribution in [0.25, 0.3) is 0 Å². The van der Waals surface area contributed by atoms with Crippen molar-refractivity contribution in [1.29, 1.82) is 0 Å². The number of pyridine rings is 1. The zero-order valence-electron chi connectivity index (χ0n) is 18.4. The number of rotatable bonds is 6. The van der Waals surface area contributed by atoms with Crippen LogP contribution in [-0.2, 0) is 9.59 Å². The first-order chi connectivity index (χ1) is 14.7. The van der Waals surface area contributed by atoms with Gasteiger partial charge in [0.25, 0.3) is 5.78 Å². The van der Waals surface area contributed by atoms with E-state index < -0.39 is 11.7 Å². The van der Waals surface area contributed by atoms with E-state index in [4.69, 9.17) is 5.73 Å². The van der Waals surface area contributed by atoms with E-state index >= 15 is 0 Å². The van der Waals surface area contributed by atoms with Gasteiger partial charge in [-0.2, -0.15) is 0 Å². The van der Waals surface area contributed by atoms with Crippen molar-refractivity contribution in [2.45, 2.75) is 52.9 Å². The Morgan fingerprint density at radius 1 is 1.23 bits per heavy atom. The van der Waals surface area contributed by atoms with Crippen LogP contribution in [0.4, 0.5) is 5.82 Å². The molecule has 2 amide bonds. The van der Waals surface area contributed by atoms with E-state index in [2.05, 4.69) is 15.3 Å². The number of hydrogen-bond donors (Lipinski definition) is 2. The van der Waals surface area contributed by atoms with Gasteiger partial charge in [0.2, 0.25) is 5.91 Å². The number of aliphatic imine (C=N–C) groups is 1. The topological polar surface area (TPSA) is 121 Å². The lowest BCUT2D eigenvalue weighted by Crippen LogP contribution is -2.52. The molecule has 9 heteroatoms.